The van der Waals surface area contributed by atoms with Crippen LogP contribution in [-0.2, 0) is 11.5 Å². The number of hydrogen-bond donors (Lipinski definition) is 0. The molecule has 1 aliphatic heterocycles. The van der Waals surface area contributed by atoms with E-state index in [-0.39, 0.29) is 12.3 Å². The second-order valence-corrected chi connectivity index (χ2v) is 11.3. The first-order valence-electron chi connectivity index (χ1n) is 14.2. The largest absolute Gasteiger partial charge is 0.494 e. The predicted molar refractivity (Wildman–Crippen MR) is 167 cm³/mol. The number of ether oxygens (including phenoxy) is 2. The molecule has 0 aliphatic carbocycles. The summed E-state index contributed by atoms with van der Waals surface area (Å²) in [6.45, 7) is 5.62. The van der Waals surface area contributed by atoms with Crippen molar-refractivity contribution in [2.24, 2.45) is 0 Å². The summed E-state index contributed by atoms with van der Waals surface area (Å²) in [4.78, 5) is 31.4. The predicted octanol–water partition coefficient (Wildman–Crippen LogP) is 6.02. The van der Waals surface area contributed by atoms with Crippen molar-refractivity contribution < 1.29 is 18.7 Å². The number of hydrogen-bond acceptors (Lipinski definition) is 8. The number of fused-ring (bicyclic) bond motifs is 2. The fourth-order valence-corrected chi connectivity index (χ4v) is 6.16. The Morgan fingerprint density at radius 2 is 1.86 bits per heavy atom. The molecular weight excluding hydrogens is 552 g/mol. The van der Waals surface area contributed by atoms with Gasteiger partial charge in [0, 0.05) is 67.2 Å². The summed E-state index contributed by atoms with van der Waals surface area (Å²) in [6.07, 6.45) is 2.84. The van der Waals surface area contributed by atoms with Crippen molar-refractivity contribution in [1.29, 1.82) is 0 Å². The maximum Gasteiger partial charge on any atom is 0.418 e. The van der Waals surface area contributed by atoms with Crippen molar-refractivity contribution in [2.45, 2.75) is 19.6 Å². The molecule has 42 heavy (non-hydrogen) atoms. The zero-order chi connectivity index (χ0) is 28.9. The maximum absolute atomic E-state index is 12.6. The Morgan fingerprint density at radius 1 is 1.00 bits per heavy atom. The van der Waals surface area contributed by atoms with Crippen molar-refractivity contribution >= 4 is 50.0 Å². The first-order valence-corrected chi connectivity index (χ1v) is 15.1. The standard InChI is InChI=1S/C32H34N4O5S/c1-33(31-8-5-20-40-31)32(38)41-23-36-28-22-25(11-9-24(28)10-12-30(36)37)39-19-3-2-14-34-15-17-35(18-16-34)27-6-4-7-29-26(27)13-21-42-29/h4-13,20-22H,2-3,14-19,23H2,1H3. The Hall–Kier alpha value is -4.28. The molecule has 0 bridgehead atoms. The van der Waals surface area contributed by atoms with Gasteiger partial charge in [-0.2, -0.15) is 0 Å². The molecule has 0 N–H and O–H groups in total. The summed E-state index contributed by atoms with van der Waals surface area (Å²) in [5.41, 5.74) is 1.73. The third kappa shape index (κ3) is 6.14. The van der Waals surface area contributed by atoms with Gasteiger partial charge < -0.3 is 18.8 Å². The Labute approximate surface area is 248 Å². The van der Waals surface area contributed by atoms with Crippen molar-refractivity contribution in [3.05, 3.63) is 88.7 Å². The number of rotatable bonds is 10. The number of furan rings is 1. The Bertz CT molecular complexity index is 1710. The fourth-order valence-electron chi connectivity index (χ4n) is 5.35. The highest BCUT2D eigenvalue weighted by Crippen LogP contribution is 2.31. The molecule has 1 amide bonds. The first kappa shape index (κ1) is 27.9. The molecule has 0 radical (unpaired) electrons. The SMILES string of the molecule is CN(C(=O)OCn1c(=O)ccc2ccc(OCCCCN3CCN(c4cccc5sccc45)CC3)cc21)c1ccco1. The number of carbonyl (C=O) groups excluding carboxylic acids is 1. The lowest BCUT2D eigenvalue weighted by atomic mass is 10.2. The summed E-state index contributed by atoms with van der Waals surface area (Å²) >= 11 is 1.80. The third-order valence-corrected chi connectivity index (χ3v) is 8.60. The van der Waals surface area contributed by atoms with E-state index in [1.54, 1.807) is 36.6 Å². The van der Waals surface area contributed by atoms with Gasteiger partial charge in [-0.1, -0.05) is 6.07 Å². The number of anilines is 2. The van der Waals surface area contributed by atoms with Crippen LogP contribution in [0.4, 0.5) is 16.4 Å². The number of unbranched alkanes of at least 4 members (excludes halogenated alkanes) is 1. The Balaban J connectivity index is 0.978. The zero-order valence-electron chi connectivity index (χ0n) is 23.6. The smallest absolute Gasteiger partial charge is 0.418 e. The van der Waals surface area contributed by atoms with E-state index >= 15 is 0 Å². The van der Waals surface area contributed by atoms with Crippen molar-refractivity contribution in [2.75, 3.05) is 56.2 Å². The average Bonchev–Trinajstić information content (AvgIpc) is 3.73. The molecule has 0 unspecified atom stereocenters. The number of piperazine rings is 1. The average molecular weight is 587 g/mol. The number of benzene rings is 2. The van der Waals surface area contributed by atoms with E-state index in [1.165, 1.54) is 37.6 Å². The van der Waals surface area contributed by atoms with E-state index in [0.717, 1.165) is 51.0 Å². The van der Waals surface area contributed by atoms with Crippen LogP contribution in [0.3, 0.4) is 0 Å². The summed E-state index contributed by atoms with van der Waals surface area (Å²) < 4.78 is 19.5. The molecule has 9 nitrogen and oxygen atoms in total. The molecule has 6 rings (SSSR count). The number of thiophene rings is 1. The van der Waals surface area contributed by atoms with Gasteiger partial charge in [0.1, 0.15) is 5.75 Å². The lowest BCUT2D eigenvalue weighted by Gasteiger charge is -2.36. The lowest BCUT2D eigenvalue weighted by molar-refractivity contribution is 0.121. The minimum Gasteiger partial charge on any atom is -0.494 e. The molecule has 10 heteroatoms. The first-order chi connectivity index (χ1) is 20.6. The van der Waals surface area contributed by atoms with E-state index in [9.17, 15) is 9.59 Å². The summed E-state index contributed by atoms with van der Waals surface area (Å²) in [5.74, 6) is 1.03. The minimum atomic E-state index is -0.623. The third-order valence-electron chi connectivity index (χ3n) is 7.72. The van der Waals surface area contributed by atoms with E-state index in [1.807, 2.05) is 18.2 Å². The molecule has 2 aromatic carbocycles. The van der Waals surface area contributed by atoms with Gasteiger partial charge in [-0.15, -0.1) is 11.3 Å². The van der Waals surface area contributed by atoms with Crippen LogP contribution in [0.2, 0.25) is 0 Å². The second-order valence-electron chi connectivity index (χ2n) is 10.4. The van der Waals surface area contributed by atoms with Gasteiger partial charge in [-0.05, 0) is 72.6 Å². The van der Waals surface area contributed by atoms with Crippen molar-refractivity contribution in [3.63, 3.8) is 0 Å². The van der Waals surface area contributed by atoms with Gasteiger partial charge in [-0.25, -0.2) is 4.79 Å². The van der Waals surface area contributed by atoms with Crippen LogP contribution in [0.1, 0.15) is 12.8 Å². The lowest BCUT2D eigenvalue weighted by Crippen LogP contribution is -2.46. The van der Waals surface area contributed by atoms with Crippen LogP contribution in [0.25, 0.3) is 21.0 Å². The van der Waals surface area contributed by atoms with Crippen LogP contribution in [0.15, 0.2) is 87.6 Å². The minimum absolute atomic E-state index is 0.223. The van der Waals surface area contributed by atoms with Gasteiger partial charge >= 0.3 is 6.09 Å². The van der Waals surface area contributed by atoms with E-state index < -0.39 is 6.09 Å². The summed E-state index contributed by atoms with van der Waals surface area (Å²) in [7, 11) is 1.55. The Kier molecular flexibility index (Phi) is 8.43. The van der Waals surface area contributed by atoms with E-state index in [4.69, 9.17) is 13.9 Å². The molecule has 4 heterocycles. The summed E-state index contributed by atoms with van der Waals surface area (Å²) in [6, 6.07) is 21.0. The summed E-state index contributed by atoms with van der Waals surface area (Å²) in [5, 5.41) is 4.38. The molecule has 5 aromatic rings. The van der Waals surface area contributed by atoms with Gasteiger partial charge in [-0.3, -0.25) is 19.2 Å². The molecule has 1 saturated heterocycles. The van der Waals surface area contributed by atoms with Crippen molar-refractivity contribution in [1.82, 2.24) is 9.47 Å². The van der Waals surface area contributed by atoms with Gasteiger partial charge in [0.2, 0.25) is 5.88 Å². The normalized spacial score (nSPS) is 14.0. The number of aromatic nitrogens is 1. The van der Waals surface area contributed by atoms with Crippen LogP contribution >= 0.6 is 11.3 Å². The van der Waals surface area contributed by atoms with Gasteiger partial charge in [0.15, 0.2) is 6.73 Å². The molecule has 1 aliphatic rings. The highest BCUT2D eigenvalue weighted by Gasteiger charge is 2.19. The molecule has 0 spiro atoms. The van der Waals surface area contributed by atoms with Gasteiger partial charge in [0.05, 0.1) is 18.4 Å². The topological polar surface area (TPSA) is 80.4 Å². The van der Waals surface area contributed by atoms with E-state index in [0.29, 0.717) is 23.8 Å². The molecule has 1 fully saturated rings. The molecule has 0 atom stereocenters. The van der Waals surface area contributed by atoms with E-state index in [2.05, 4.69) is 39.4 Å². The Morgan fingerprint density at radius 3 is 2.69 bits per heavy atom. The molecule has 3 aromatic heterocycles. The molecular formula is C32H34N4O5S. The van der Waals surface area contributed by atoms with Crippen LogP contribution in [0.5, 0.6) is 5.75 Å². The number of pyridine rings is 1. The zero-order valence-corrected chi connectivity index (χ0v) is 24.4. The molecule has 0 saturated carbocycles. The molecule has 218 valence electrons. The van der Waals surface area contributed by atoms with Crippen LogP contribution in [0, 0.1) is 0 Å². The maximum atomic E-state index is 12.6. The monoisotopic (exact) mass is 586 g/mol. The number of nitrogens with zero attached hydrogens (tertiary/aromatic N) is 4. The van der Waals surface area contributed by atoms with Crippen molar-refractivity contribution in [3.8, 4) is 5.75 Å². The fraction of sp³-hybridized carbons (Fsp3) is 0.312. The second kappa shape index (κ2) is 12.7. The number of amides is 1. The quantitative estimate of drug-likeness (QED) is 0.185. The van der Waals surface area contributed by atoms with Crippen LogP contribution in [-0.4, -0.2) is 61.9 Å². The van der Waals surface area contributed by atoms with Crippen LogP contribution < -0.4 is 20.1 Å². The van der Waals surface area contributed by atoms with Gasteiger partial charge in [0.25, 0.3) is 5.56 Å². The highest BCUT2D eigenvalue weighted by atomic mass is 32.1. The number of carbonyl (C=O) groups is 1. The highest BCUT2D eigenvalue weighted by molar-refractivity contribution is 7.17.